The van der Waals surface area contributed by atoms with E-state index in [0.717, 1.165) is 5.56 Å². The molecule has 0 saturated heterocycles. The van der Waals surface area contributed by atoms with Crippen LogP contribution in [0.5, 0.6) is 0 Å². The number of esters is 1. The summed E-state index contributed by atoms with van der Waals surface area (Å²) in [6.45, 7) is 5.62. The Morgan fingerprint density at radius 2 is 2.10 bits per heavy atom. The second kappa shape index (κ2) is 5.63. The van der Waals surface area contributed by atoms with Crippen LogP contribution in [0.15, 0.2) is 18.2 Å². The molecule has 2 aromatic rings. The summed E-state index contributed by atoms with van der Waals surface area (Å²) < 4.78 is 19.0. The SMILES string of the molecule is CCOC(=O)c1sc(-c2ccc(C)cc2F)c(C)c1N. The van der Waals surface area contributed by atoms with E-state index in [-0.39, 0.29) is 12.4 Å². The minimum Gasteiger partial charge on any atom is -0.462 e. The molecule has 2 rings (SSSR count). The largest absolute Gasteiger partial charge is 0.462 e. The maximum absolute atomic E-state index is 14.1. The van der Waals surface area contributed by atoms with Crippen LogP contribution in [0, 0.1) is 19.7 Å². The molecule has 0 aliphatic heterocycles. The van der Waals surface area contributed by atoms with Crippen molar-refractivity contribution in [3.05, 3.63) is 40.0 Å². The fraction of sp³-hybridized carbons (Fsp3) is 0.267. The van der Waals surface area contributed by atoms with Gasteiger partial charge in [0.25, 0.3) is 0 Å². The number of hydrogen-bond donors (Lipinski definition) is 1. The molecule has 5 heteroatoms. The number of nitrogen functional groups attached to an aromatic ring is 1. The van der Waals surface area contributed by atoms with E-state index in [4.69, 9.17) is 10.5 Å². The summed E-state index contributed by atoms with van der Waals surface area (Å²) in [6, 6.07) is 5.00. The van der Waals surface area contributed by atoms with E-state index in [1.54, 1.807) is 19.9 Å². The van der Waals surface area contributed by atoms with Gasteiger partial charge in [0.05, 0.1) is 12.3 Å². The molecule has 0 unspecified atom stereocenters. The number of rotatable bonds is 3. The third-order valence-electron chi connectivity index (χ3n) is 3.02. The zero-order valence-corrected chi connectivity index (χ0v) is 12.4. The smallest absolute Gasteiger partial charge is 0.350 e. The monoisotopic (exact) mass is 293 g/mol. The van der Waals surface area contributed by atoms with E-state index < -0.39 is 5.97 Å². The van der Waals surface area contributed by atoms with Gasteiger partial charge in [-0.2, -0.15) is 0 Å². The van der Waals surface area contributed by atoms with Crippen LogP contribution in [-0.4, -0.2) is 12.6 Å². The Morgan fingerprint density at radius 1 is 1.40 bits per heavy atom. The summed E-state index contributed by atoms with van der Waals surface area (Å²) in [6.07, 6.45) is 0. The molecule has 0 radical (unpaired) electrons. The maximum Gasteiger partial charge on any atom is 0.350 e. The van der Waals surface area contributed by atoms with E-state index in [1.165, 1.54) is 17.4 Å². The van der Waals surface area contributed by atoms with Gasteiger partial charge in [0.15, 0.2) is 0 Å². The Kier molecular flexibility index (Phi) is 4.09. The third kappa shape index (κ3) is 2.54. The Labute approximate surface area is 121 Å². The number of carbonyl (C=O) groups excluding carboxylic acids is 1. The lowest BCUT2D eigenvalue weighted by Crippen LogP contribution is -2.05. The van der Waals surface area contributed by atoms with Crippen LogP contribution in [-0.2, 0) is 4.74 Å². The molecule has 0 aliphatic rings. The number of thiophene rings is 1. The second-order valence-electron chi connectivity index (χ2n) is 4.50. The molecule has 0 bridgehead atoms. The highest BCUT2D eigenvalue weighted by molar-refractivity contribution is 7.18. The number of anilines is 1. The molecule has 1 heterocycles. The maximum atomic E-state index is 14.1. The molecule has 0 aliphatic carbocycles. The standard InChI is InChI=1S/C15H16FNO2S/c1-4-19-15(18)14-12(17)9(3)13(20-14)10-6-5-8(2)7-11(10)16/h5-7H,4,17H2,1-3H3. The molecule has 20 heavy (non-hydrogen) atoms. The van der Waals surface area contributed by atoms with Crippen molar-refractivity contribution in [2.45, 2.75) is 20.8 Å². The van der Waals surface area contributed by atoms with Crippen molar-refractivity contribution in [3.63, 3.8) is 0 Å². The average Bonchev–Trinajstić information content (AvgIpc) is 2.67. The summed E-state index contributed by atoms with van der Waals surface area (Å²) in [4.78, 5) is 12.8. The van der Waals surface area contributed by atoms with Gasteiger partial charge in [0.2, 0.25) is 0 Å². The van der Waals surface area contributed by atoms with E-state index in [0.29, 0.717) is 26.6 Å². The number of nitrogens with two attached hydrogens (primary N) is 1. The first kappa shape index (κ1) is 14.5. The highest BCUT2D eigenvalue weighted by Gasteiger charge is 2.21. The summed E-state index contributed by atoms with van der Waals surface area (Å²) in [7, 11) is 0. The van der Waals surface area contributed by atoms with Crippen molar-refractivity contribution in [1.82, 2.24) is 0 Å². The topological polar surface area (TPSA) is 52.3 Å². The second-order valence-corrected chi connectivity index (χ2v) is 5.52. The van der Waals surface area contributed by atoms with Crippen molar-refractivity contribution < 1.29 is 13.9 Å². The number of aryl methyl sites for hydroxylation is 1. The molecular weight excluding hydrogens is 277 g/mol. The first-order chi connectivity index (χ1) is 9.45. The lowest BCUT2D eigenvalue weighted by molar-refractivity contribution is 0.0533. The molecule has 1 aromatic heterocycles. The predicted octanol–water partition coefficient (Wildman–Crippen LogP) is 3.93. The zero-order valence-electron chi connectivity index (χ0n) is 11.6. The van der Waals surface area contributed by atoms with Crippen molar-refractivity contribution in [3.8, 4) is 10.4 Å². The minimum absolute atomic E-state index is 0.281. The Bertz CT molecular complexity index is 664. The molecule has 0 atom stereocenters. The fourth-order valence-corrected chi connectivity index (χ4v) is 3.08. The van der Waals surface area contributed by atoms with Crippen LogP contribution < -0.4 is 5.73 Å². The first-order valence-corrected chi connectivity index (χ1v) is 7.09. The van der Waals surface area contributed by atoms with Crippen LogP contribution in [0.1, 0.15) is 27.7 Å². The average molecular weight is 293 g/mol. The Balaban J connectivity index is 2.53. The van der Waals surface area contributed by atoms with Crippen molar-refractivity contribution in [1.29, 1.82) is 0 Å². The summed E-state index contributed by atoms with van der Waals surface area (Å²) >= 11 is 1.17. The van der Waals surface area contributed by atoms with Crippen molar-refractivity contribution >= 4 is 23.0 Å². The molecule has 1 aromatic carbocycles. The van der Waals surface area contributed by atoms with Gasteiger partial charge in [-0.25, -0.2) is 9.18 Å². The Hall–Kier alpha value is -1.88. The molecule has 3 nitrogen and oxygen atoms in total. The van der Waals surface area contributed by atoms with Crippen LogP contribution in [0.25, 0.3) is 10.4 Å². The van der Waals surface area contributed by atoms with E-state index in [9.17, 15) is 9.18 Å². The predicted molar refractivity (Wildman–Crippen MR) is 79.6 cm³/mol. The van der Waals surface area contributed by atoms with Gasteiger partial charge in [0, 0.05) is 10.4 Å². The lowest BCUT2D eigenvalue weighted by Gasteiger charge is -2.03. The summed E-state index contributed by atoms with van der Waals surface area (Å²) in [5.74, 6) is -0.776. The van der Waals surface area contributed by atoms with Gasteiger partial charge in [-0.05, 0) is 38.0 Å². The Morgan fingerprint density at radius 3 is 2.70 bits per heavy atom. The normalized spacial score (nSPS) is 10.6. The van der Waals surface area contributed by atoms with Crippen LogP contribution in [0.4, 0.5) is 10.1 Å². The van der Waals surface area contributed by atoms with E-state index in [2.05, 4.69) is 0 Å². The van der Waals surface area contributed by atoms with Gasteiger partial charge in [-0.3, -0.25) is 0 Å². The highest BCUT2D eigenvalue weighted by Crippen LogP contribution is 2.39. The van der Waals surface area contributed by atoms with Crippen molar-refractivity contribution in [2.75, 3.05) is 12.3 Å². The minimum atomic E-state index is -0.461. The molecule has 0 spiro atoms. The van der Waals surface area contributed by atoms with Gasteiger partial charge >= 0.3 is 5.97 Å². The summed E-state index contributed by atoms with van der Waals surface area (Å²) in [5.41, 5.74) is 8.32. The zero-order chi connectivity index (χ0) is 14.9. The quantitative estimate of drug-likeness (QED) is 0.872. The van der Waals surface area contributed by atoms with Crippen LogP contribution in [0.2, 0.25) is 0 Å². The number of ether oxygens (including phenoxy) is 1. The van der Waals surface area contributed by atoms with Gasteiger partial charge in [0.1, 0.15) is 10.7 Å². The molecule has 0 fully saturated rings. The molecular formula is C15H16FNO2S. The van der Waals surface area contributed by atoms with E-state index in [1.807, 2.05) is 13.0 Å². The number of hydrogen-bond acceptors (Lipinski definition) is 4. The fourth-order valence-electron chi connectivity index (χ4n) is 1.94. The molecule has 2 N–H and O–H groups in total. The highest BCUT2D eigenvalue weighted by atomic mass is 32.1. The first-order valence-electron chi connectivity index (χ1n) is 6.28. The number of benzene rings is 1. The molecule has 106 valence electrons. The van der Waals surface area contributed by atoms with Gasteiger partial charge in [-0.15, -0.1) is 11.3 Å². The number of halogens is 1. The number of carbonyl (C=O) groups is 1. The third-order valence-corrected chi connectivity index (χ3v) is 4.34. The van der Waals surface area contributed by atoms with Crippen LogP contribution in [0.3, 0.4) is 0 Å². The summed E-state index contributed by atoms with van der Waals surface area (Å²) in [5, 5.41) is 0. The molecule has 0 amide bonds. The molecule has 0 saturated carbocycles. The van der Waals surface area contributed by atoms with Gasteiger partial charge in [-0.1, -0.05) is 12.1 Å². The van der Waals surface area contributed by atoms with Crippen LogP contribution >= 0.6 is 11.3 Å². The lowest BCUT2D eigenvalue weighted by atomic mass is 10.1. The van der Waals surface area contributed by atoms with E-state index >= 15 is 0 Å². The van der Waals surface area contributed by atoms with Crippen molar-refractivity contribution in [2.24, 2.45) is 0 Å². The van der Waals surface area contributed by atoms with Gasteiger partial charge < -0.3 is 10.5 Å².